The summed E-state index contributed by atoms with van der Waals surface area (Å²) in [5, 5.41) is 16.0. The van der Waals surface area contributed by atoms with E-state index >= 15 is 0 Å². The normalized spacial score (nSPS) is 15.5. The van der Waals surface area contributed by atoms with Gasteiger partial charge in [-0.1, -0.05) is 25.8 Å². The molecule has 0 bridgehead atoms. The molecule has 2 aliphatic rings. The second-order valence-corrected chi connectivity index (χ2v) is 9.90. The lowest BCUT2D eigenvalue weighted by Gasteiger charge is -2.19. The molecule has 3 rings (SSSR count). The highest BCUT2D eigenvalue weighted by Gasteiger charge is 2.28. The van der Waals surface area contributed by atoms with Gasteiger partial charge in [-0.25, -0.2) is 4.79 Å². The van der Waals surface area contributed by atoms with Gasteiger partial charge in [-0.2, -0.15) is 5.06 Å². The molecule has 2 amide bonds. The van der Waals surface area contributed by atoms with Crippen molar-refractivity contribution in [1.29, 1.82) is 0 Å². The number of anilines is 1. The number of hydrogen-bond acceptors (Lipinski definition) is 7. The molecule has 0 radical (unpaired) electrons. The molecule has 1 aromatic carbocycles. The number of hydrogen-bond donors (Lipinski definition) is 3. The van der Waals surface area contributed by atoms with Crippen LogP contribution in [0.25, 0.3) is 0 Å². The Bertz CT molecular complexity index is 801. The predicted molar refractivity (Wildman–Crippen MR) is 156 cm³/mol. The number of ether oxygens (including phenoxy) is 1. The SMILES string of the molecule is C=CCNC(CC)CCCN(C)O.CCOC(=O)c1ccc(NC=O)cc1.O=C(C1CCCC1)N1CCCC1. The first-order valence-electron chi connectivity index (χ1n) is 14.4. The van der Waals surface area contributed by atoms with Crippen LogP contribution in [-0.4, -0.2) is 79.3 Å². The van der Waals surface area contributed by atoms with Gasteiger partial charge in [-0.05, 0) is 76.1 Å². The Kier molecular flexibility index (Phi) is 18.6. The number of amides is 2. The summed E-state index contributed by atoms with van der Waals surface area (Å²) in [6.45, 7) is 11.6. The molecule has 1 aliphatic carbocycles. The average molecular weight is 547 g/mol. The summed E-state index contributed by atoms with van der Waals surface area (Å²) < 4.78 is 4.80. The molecule has 1 heterocycles. The van der Waals surface area contributed by atoms with Gasteiger partial charge in [0, 0.05) is 50.9 Å². The lowest BCUT2D eigenvalue weighted by Crippen LogP contribution is -2.32. The summed E-state index contributed by atoms with van der Waals surface area (Å²) >= 11 is 0. The van der Waals surface area contributed by atoms with Crippen LogP contribution in [0.1, 0.15) is 82.0 Å². The fourth-order valence-electron chi connectivity index (χ4n) is 4.62. The molecule has 1 aromatic rings. The number of hydroxylamine groups is 2. The Hall–Kier alpha value is -2.75. The standard InChI is InChI=1S/C10H22N2O.C10H11NO3.C10H17NO/c1-4-8-11-10(5-2)7-6-9-12(3)13;1-2-14-10(13)8-3-5-9(6-4-8)11-7-12;12-10(9-5-1-2-6-9)11-7-3-4-8-11/h4,10-11,13H,1,5-9H2,2-3H3;3-7H,2H2,1H3,(H,11,12);9H,1-8H2. The van der Waals surface area contributed by atoms with Crippen LogP contribution in [0, 0.1) is 5.92 Å². The summed E-state index contributed by atoms with van der Waals surface area (Å²) in [5.74, 6) is 0.484. The lowest BCUT2D eigenvalue weighted by atomic mass is 10.1. The Balaban J connectivity index is 0.000000293. The van der Waals surface area contributed by atoms with Crippen molar-refractivity contribution in [3.63, 3.8) is 0 Å². The van der Waals surface area contributed by atoms with Gasteiger partial charge in [0.25, 0.3) is 0 Å². The van der Waals surface area contributed by atoms with Gasteiger partial charge in [-0.15, -0.1) is 6.58 Å². The second-order valence-electron chi connectivity index (χ2n) is 9.90. The van der Waals surface area contributed by atoms with E-state index in [1.54, 1.807) is 38.2 Å². The highest BCUT2D eigenvalue weighted by Crippen LogP contribution is 2.27. The van der Waals surface area contributed by atoms with E-state index in [2.05, 4.69) is 29.0 Å². The molecule has 0 aromatic heterocycles. The molecule has 1 atom stereocenters. The molecule has 1 saturated heterocycles. The first-order valence-corrected chi connectivity index (χ1v) is 14.4. The first kappa shape index (κ1) is 34.3. The van der Waals surface area contributed by atoms with E-state index in [0.29, 0.717) is 42.1 Å². The fourth-order valence-corrected chi connectivity index (χ4v) is 4.62. The van der Waals surface area contributed by atoms with E-state index in [-0.39, 0.29) is 5.97 Å². The Morgan fingerprint density at radius 3 is 2.31 bits per heavy atom. The van der Waals surface area contributed by atoms with Crippen LogP contribution in [0.5, 0.6) is 0 Å². The minimum absolute atomic E-state index is 0.354. The molecular weight excluding hydrogens is 496 g/mol. The maximum Gasteiger partial charge on any atom is 0.338 e. The number of nitrogens with zero attached hydrogens (tertiary/aromatic N) is 2. The quantitative estimate of drug-likeness (QED) is 0.140. The van der Waals surface area contributed by atoms with Crippen LogP contribution in [0.4, 0.5) is 5.69 Å². The van der Waals surface area contributed by atoms with E-state index in [1.807, 2.05) is 6.08 Å². The minimum atomic E-state index is -0.356. The van der Waals surface area contributed by atoms with Crippen LogP contribution < -0.4 is 10.6 Å². The van der Waals surface area contributed by atoms with Crippen LogP contribution in [0.2, 0.25) is 0 Å². The number of carbonyl (C=O) groups excluding carboxylic acids is 3. The smallest absolute Gasteiger partial charge is 0.338 e. The molecule has 220 valence electrons. The second kappa shape index (κ2) is 21.1. The van der Waals surface area contributed by atoms with Crippen LogP contribution in [0.3, 0.4) is 0 Å². The zero-order valence-corrected chi connectivity index (χ0v) is 24.2. The largest absolute Gasteiger partial charge is 0.462 e. The number of benzene rings is 1. The van der Waals surface area contributed by atoms with Gasteiger partial charge in [0.2, 0.25) is 12.3 Å². The highest BCUT2D eigenvalue weighted by molar-refractivity contribution is 5.90. The summed E-state index contributed by atoms with van der Waals surface area (Å²) in [4.78, 5) is 35.1. The van der Waals surface area contributed by atoms with Crippen molar-refractivity contribution in [3.05, 3.63) is 42.5 Å². The fraction of sp³-hybridized carbons (Fsp3) is 0.633. The zero-order chi connectivity index (χ0) is 28.9. The van der Waals surface area contributed by atoms with Gasteiger partial charge in [0.15, 0.2) is 0 Å². The molecule has 3 N–H and O–H groups in total. The minimum Gasteiger partial charge on any atom is -0.462 e. The monoisotopic (exact) mass is 546 g/mol. The highest BCUT2D eigenvalue weighted by atomic mass is 16.5. The van der Waals surface area contributed by atoms with Crippen molar-refractivity contribution in [2.24, 2.45) is 5.92 Å². The van der Waals surface area contributed by atoms with Crippen molar-refractivity contribution < 1.29 is 24.3 Å². The third-order valence-corrected chi connectivity index (χ3v) is 6.82. The average Bonchev–Trinajstić information content (AvgIpc) is 3.67. The molecule has 2 fully saturated rings. The molecular formula is C30H50N4O5. The Morgan fingerprint density at radius 1 is 1.15 bits per heavy atom. The van der Waals surface area contributed by atoms with Gasteiger partial charge in [0.05, 0.1) is 12.2 Å². The van der Waals surface area contributed by atoms with Crippen molar-refractivity contribution in [3.8, 4) is 0 Å². The third-order valence-electron chi connectivity index (χ3n) is 6.82. The van der Waals surface area contributed by atoms with Crippen molar-refractivity contribution in [1.82, 2.24) is 15.3 Å². The molecule has 1 unspecified atom stereocenters. The summed E-state index contributed by atoms with van der Waals surface area (Å²) in [7, 11) is 1.68. The van der Waals surface area contributed by atoms with Crippen molar-refractivity contribution in [2.75, 3.05) is 45.2 Å². The molecule has 1 saturated carbocycles. The van der Waals surface area contributed by atoms with E-state index in [0.717, 1.165) is 58.3 Å². The molecule has 9 nitrogen and oxygen atoms in total. The number of likely N-dealkylation sites (tertiary alicyclic amines) is 1. The van der Waals surface area contributed by atoms with E-state index in [9.17, 15) is 14.4 Å². The zero-order valence-electron chi connectivity index (χ0n) is 24.2. The summed E-state index contributed by atoms with van der Waals surface area (Å²) in [6.07, 6.45) is 13.0. The Labute approximate surface area is 234 Å². The van der Waals surface area contributed by atoms with Gasteiger partial charge in [-0.3, -0.25) is 9.59 Å². The topological polar surface area (TPSA) is 111 Å². The van der Waals surface area contributed by atoms with Crippen molar-refractivity contribution >= 4 is 24.0 Å². The molecule has 0 spiro atoms. The van der Waals surface area contributed by atoms with Crippen LogP contribution in [0.15, 0.2) is 36.9 Å². The van der Waals surface area contributed by atoms with Gasteiger partial charge >= 0.3 is 5.97 Å². The number of rotatable bonds is 13. The number of carbonyl (C=O) groups is 3. The van der Waals surface area contributed by atoms with Crippen LogP contribution in [-0.2, 0) is 14.3 Å². The maximum absolute atomic E-state index is 11.8. The number of nitrogens with one attached hydrogen (secondary N) is 2. The predicted octanol–water partition coefficient (Wildman–Crippen LogP) is 4.87. The number of esters is 1. The maximum atomic E-state index is 11.8. The third kappa shape index (κ3) is 14.8. The summed E-state index contributed by atoms with van der Waals surface area (Å²) in [5.41, 5.74) is 1.12. The molecule has 9 heteroatoms. The van der Waals surface area contributed by atoms with Gasteiger partial charge < -0.3 is 25.5 Å². The summed E-state index contributed by atoms with van der Waals surface area (Å²) in [6, 6.07) is 7.03. The Morgan fingerprint density at radius 2 is 1.79 bits per heavy atom. The molecule has 39 heavy (non-hydrogen) atoms. The molecule has 1 aliphatic heterocycles. The van der Waals surface area contributed by atoms with E-state index in [1.165, 1.54) is 30.7 Å². The van der Waals surface area contributed by atoms with Crippen LogP contribution >= 0.6 is 0 Å². The lowest BCUT2D eigenvalue weighted by molar-refractivity contribution is -0.134. The first-order chi connectivity index (χ1) is 18.9. The van der Waals surface area contributed by atoms with E-state index in [4.69, 9.17) is 9.94 Å². The van der Waals surface area contributed by atoms with Gasteiger partial charge in [0.1, 0.15) is 0 Å². The van der Waals surface area contributed by atoms with E-state index < -0.39 is 0 Å². The van der Waals surface area contributed by atoms with Crippen molar-refractivity contribution in [2.45, 2.75) is 77.7 Å².